The minimum absolute atomic E-state index is 0.144. The van der Waals surface area contributed by atoms with Gasteiger partial charge in [-0.25, -0.2) is 0 Å². The Hall–Kier alpha value is -2.80. The molecular weight excluding hydrogens is 439 g/mol. The summed E-state index contributed by atoms with van der Waals surface area (Å²) in [5, 5.41) is 13.4. The summed E-state index contributed by atoms with van der Waals surface area (Å²) in [6.07, 6.45) is 0. The van der Waals surface area contributed by atoms with Gasteiger partial charge in [0.05, 0.1) is 5.75 Å². The quantitative estimate of drug-likeness (QED) is 0.364. The Morgan fingerprint density at radius 2 is 1.50 bits per heavy atom. The van der Waals surface area contributed by atoms with E-state index < -0.39 is 0 Å². The Labute approximate surface area is 188 Å². The Bertz CT molecular complexity index is 1150. The number of benzene rings is 3. The molecule has 30 heavy (non-hydrogen) atoms. The zero-order valence-electron chi connectivity index (χ0n) is 15.6. The average Bonchev–Trinajstić information content (AvgIpc) is 3.19. The van der Waals surface area contributed by atoms with Crippen LogP contribution in [0.4, 0.5) is 5.69 Å². The highest BCUT2D eigenvalue weighted by molar-refractivity contribution is 7.99. The lowest BCUT2D eigenvalue weighted by Crippen LogP contribution is -2.14. The minimum atomic E-state index is -0.144. The van der Waals surface area contributed by atoms with Crippen LogP contribution in [0.15, 0.2) is 84.0 Å². The molecule has 5 nitrogen and oxygen atoms in total. The molecule has 4 aromatic rings. The van der Waals surface area contributed by atoms with Crippen LogP contribution in [-0.4, -0.2) is 26.4 Å². The summed E-state index contributed by atoms with van der Waals surface area (Å²) < 4.78 is 1.92. The first-order chi connectivity index (χ1) is 14.6. The third-order valence-electron chi connectivity index (χ3n) is 4.21. The van der Waals surface area contributed by atoms with Gasteiger partial charge in [0.15, 0.2) is 11.0 Å². The molecule has 0 spiro atoms. The fourth-order valence-corrected chi connectivity index (χ4v) is 3.82. The van der Waals surface area contributed by atoms with E-state index in [9.17, 15) is 4.79 Å². The summed E-state index contributed by atoms with van der Waals surface area (Å²) in [7, 11) is 0. The third kappa shape index (κ3) is 4.84. The number of hydrogen-bond acceptors (Lipinski definition) is 4. The van der Waals surface area contributed by atoms with Crippen molar-refractivity contribution >= 4 is 46.6 Å². The molecule has 3 aromatic carbocycles. The van der Waals surface area contributed by atoms with Crippen LogP contribution in [0.2, 0.25) is 10.0 Å². The highest BCUT2D eigenvalue weighted by atomic mass is 35.5. The van der Waals surface area contributed by atoms with E-state index in [0.29, 0.717) is 26.7 Å². The van der Waals surface area contributed by atoms with Crippen molar-refractivity contribution in [2.45, 2.75) is 5.16 Å². The molecule has 150 valence electrons. The molecule has 0 aliphatic carbocycles. The Morgan fingerprint density at radius 1 is 0.867 bits per heavy atom. The van der Waals surface area contributed by atoms with Crippen molar-refractivity contribution in [2.75, 3.05) is 11.1 Å². The summed E-state index contributed by atoms with van der Waals surface area (Å²) >= 11 is 13.2. The van der Waals surface area contributed by atoms with Gasteiger partial charge in [0.1, 0.15) is 0 Å². The summed E-state index contributed by atoms with van der Waals surface area (Å²) in [5.74, 6) is 0.733. The van der Waals surface area contributed by atoms with Gasteiger partial charge in [-0.3, -0.25) is 9.36 Å². The molecule has 1 heterocycles. The Balaban J connectivity index is 1.58. The lowest BCUT2D eigenvalue weighted by Gasteiger charge is -2.11. The summed E-state index contributed by atoms with van der Waals surface area (Å²) in [4.78, 5) is 12.4. The molecule has 0 unspecified atom stereocenters. The van der Waals surface area contributed by atoms with Crippen LogP contribution >= 0.6 is 35.0 Å². The molecule has 4 rings (SSSR count). The second-order valence-electron chi connectivity index (χ2n) is 6.33. The number of amides is 1. The van der Waals surface area contributed by atoms with E-state index in [-0.39, 0.29) is 11.7 Å². The normalized spacial score (nSPS) is 10.7. The SMILES string of the molecule is O=C(CSc1nnc(-c2ccccc2)n1-c1ccc(Cl)cc1)Nc1ccc(Cl)cc1. The van der Waals surface area contributed by atoms with Gasteiger partial charge in [-0.05, 0) is 48.5 Å². The van der Waals surface area contributed by atoms with Crippen LogP contribution in [0.25, 0.3) is 17.1 Å². The molecule has 1 N–H and O–H groups in total. The fraction of sp³-hybridized carbons (Fsp3) is 0.0455. The second-order valence-corrected chi connectivity index (χ2v) is 8.14. The van der Waals surface area contributed by atoms with Crippen LogP contribution in [0.1, 0.15) is 0 Å². The number of nitrogens with one attached hydrogen (secondary N) is 1. The number of carbonyl (C=O) groups excluding carboxylic acids is 1. The maximum absolute atomic E-state index is 12.4. The number of hydrogen-bond donors (Lipinski definition) is 1. The zero-order valence-corrected chi connectivity index (χ0v) is 18.0. The lowest BCUT2D eigenvalue weighted by molar-refractivity contribution is -0.113. The lowest BCUT2D eigenvalue weighted by atomic mass is 10.2. The van der Waals surface area contributed by atoms with E-state index in [1.807, 2.05) is 59.2 Å². The number of carbonyl (C=O) groups is 1. The number of thioether (sulfide) groups is 1. The molecule has 0 bridgehead atoms. The minimum Gasteiger partial charge on any atom is -0.325 e. The molecule has 0 aliphatic rings. The van der Waals surface area contributed by atoms with Crippen LogP contribution in [0.5, 0.6) is 0 Å². The van der Waals surface area contributed by atoms with Gasteiger partial charge in [0.25, 0.3) is 0 Å². The first-order valence-corrected chi connectivity index (χ1v) is 10.8. The van der Waals surface area contributed by atoms with Gasteiger partial charge < -0.3 is 5.32 Å². The van der Waals surface area contributed by atoms with Gasteiger partial charge in [0.2, 0.25) is 5.91 Å². The van der Waals surface area contributed by atoms with E-state index in [4.69, 9.17) is 23.2 Å². The van der Waals surface area contributed by atoms with Gasteiger partial charge in [-0.15, -0.1) is 10.2 Å². The fourth-order valence-electron chi connectivity index (χ4n) is 2.82. The molecule has 0 atom stereocenters. The third-order valence-corrected chi connectivity index (χ3v) is 5.64. The molecule has 0 saturated carbocycles. The highest BCUT2D eigenvalue weighted by Crippen LogP contribution is 2.28. The standard InChI is InChI=1S/C22H16Cl2N4OS/c23-16-6-10-18(11-7-16)25-20(29)14-30-22-27-26-21(15-4-2-1-3-5-15)28(22)19-12-8-17(24)9-13-19/h1-13H,14H2,(H,25,29). The van der Waals surface area contributed by atoms with Crippen molar-refractivity contribution in [3.63, 3.8) is 0 Å². The maximum atomic E-state index is 12.4. The van der Waals surface area contributed by atoms with Crippen LogP contribution in [-0.2, 0) is 4.79 Å². The predicted molar refractivity (Wildman–Crippen MR) is 123 cm³/mol. The Morgan fingerprint density at radius 3 is 2.17 bits per heavy atom. The van der Waals surface area contributed by atoms with Crippen molar-refractivity contribution in [3.05, 3.63) is 88.9 Å². The van der Waals surface area contributed by atoms with Gasteiger partial charge >= 0.3 is 0 Å². The molecule has 1 amide bonds. The molecule has 8 heteroatoms. The number of rotatable bonds is 6. The predicted octanol–water partition coefficient (Wildman–Crippen LogP) is 5.97. The molecule has 0 fully saturated rings. The summed E-state index contributed by atoms with van der Waals surface area (Å²) in [5.41, 5.74) is 2.48. The number of anilines is 1. The first kappa shape index (κ1) is 20.5. The molecule has 0 aliphatic heterocycles. The van der Waals surface area contributed by atoms with Crippen molar-refractivity contribution in [2.24, 2.45) is 0 Å². The van der Waals surface area contributed by atoms with Crippen molar-refractivity contribution in [1.82, 2.24) is 14.8 Å². The Kier molecular flexibility index (Phi) is 6.38. The van der Waals surface area contributed by atoms with Crippen LogP contribution in [0.3, 0.4) is 0 Å². The van der Waals surface area contributed by atoms with Gasteiger partial charge in [-0.2, -0.15) is 0 Å². The summed E-state index contributed by atoms with van der Waals surface area (Å²) in [6, 6.07) is 24.2. The van der Waals surface area contributed by atoms with Gasteiger partial charge in [-0.1, -0.05) is 65.3 Å². The monoisotopic (exact) mass is 454 g/mol. The molecule has 0 radical (unpaired) electrons. The van der Waals surface area contributed by atoms with E-state index in [1.54, 1.807) is 24.3 Å². The summed E-state index contributed by atoms with van der Waals surface area (Å²) in [6.45, 7) is 0. The average molecular weight is 455 g/mol. The van der Waals surface area contributed by atoms with E-state index >= 15 is 0 Å². The largest absolute Gasteiger partial charge is 0.325 e. The molecule has 0 saturated heterocycles. The zero-order chi connectivity index (χ0) is 20.9. The molecule has 1 aromatic heterocycles. The number of nitrogens with zero attached hydrogens (tertiary/aromatic N) is 3. The smallest absolute Gasteiger partial charge is 0.234 e. The van der Waals surface area contributed by atoms with E-state index in [0.717, 1.165) is 11.3 Å². The van der Waals surface area contributed by atoms with Crippen LogP contribution in [0, 0.1) is 0 Å². The van der Waals surface area contributed by atoms with Crippen molar-refractivity contribution < 1.29 is 4.79 Å². The van der Waals surface area contributed by atoms with Crippen LogP contribution < -0.4 is 5.32 Å². The topological polar surface area (TPSA) is 59.8 Å². The van der Waals surface area contributed by atoms with Gasteiger partial charge in [0, 0.05) is 27.0 Å². The maximum Gasteiger partial charge on any atom is 0.234 e. The van der Waals surface area contributed by atoms with E-state index in [2.05, 4.69) is 15.5 Å². The first-order valence-electron chi connectivity index (χ1n) is 9.05. The van der Waals surface area contributed by atoms with Crippen molar-refractivity contribution in [3.8, 4) is 17.1 Å². The number of halogens is 2. The second kappa shape index (κ2) is 9.34. The molecular formula is C22H16Cl2N4OS. The van der Waals surface area contributed by atoms with Crippen molar-refractivity contribution in [1.29, 1.82) is 0 Å². The number of aromatic nitrogens is 3. The highest BCUT2D eigenvalue weighted by Gasteiger charge is 2.17. The van der Waals surface area contributed by atoms with E-state index in [1.165, 1.54) is 11.8 Å².